The van der Waals surface area contributed by atoms with Crippen molar-refractivity contribution in [1.82, 2.24) is 5.32 Å². The number of hydrogen-bond acceptors (Lipinski definition) is 8. The van der Waals surface area contributed by atoms with E-state index in [1.807, 2.05) is 6.92 Å². The van der Waals surface area contributed by atoms with Crippen LogP contribution in [0.5, 0.6) is 0 Å². The van der Waals surface area contributed by atoms with E-state index in [4.69, 9.17) is 9.84 Å². The van der Waals surface area contributed by atoms with E-state index in [1.54, 1.807) is 6.08 Å². The number of nitrogens with one attached hydrogen (secondary N) is 1. The summed E-state index contributed by atoms with van der Waals surface area (Å²) in [5, 5.41) is 33.8. The fourth-order valence-corrected chi connectivity index (χ4v) is 7.97. The maximum atomic E-state index is 13.2. The van der Waals surface area contributed by atoms with Gasteiger partial charge in [0, 0.05) is 18.3 Å². The average molecular weight is 520 g/mol. The Morgan fingerprint density at radius 1 is 1.11 bits per heavy atom. The first-order chi connectivity index (χ1) is 17.3. The van der Waals surface area contributed by atoms with Crippen LogP contribution in [0.3, 0.4) is 0 Å². The molecule has 0 aromatic carbocycles. The van der Waals surface area contributed by atoms with Crippen LogP contribution in [0, 0.1) is 28.6 Å². The second kappa shape index (κ2) is 9.94. The molecule has 4 aliphatic rings. The number of Topliss-reactive ketones (excluding diaryl/α,β-unsaturated/α-hetero) is 1. The Balaban J connectivity index is 1.41. The molecule has 4 aliphatic carbocycles. The van der Waals surface area contributed by atoms with E-state index in [9.17, 15) is 34.2 Å². The smallest absolute Gasteiger partial charge is 0.322 e. The molecule has 1 amide bonds. The van der Waals surface area contributed by atoms with E-state index in [0.29, 0.717) is 19.3 Å². The number of ketones is 2. The monoisotopic (exact) mass is 519 g/mol. The summed E-state index contributed by atoms with van der Waals surface area (Å²) in [6.07, 6.45) is 4.24. The minimum Gasteiger partial charge on any atom is -0.480 e. The van der Waals surface area contributed by atoms with Crippen molar-refractivity contribution in [2.75, 3.05) is 13.2 Å². The molecule has 4 N–H and O–H groups in total. The topological polar surface area (TPSA) is 167 Å². The van der Waals surface area contributed by atoms with Gasteiger partial charge in [-0.25, -0.2) is 0 Å². The third kappa shape index (κ3) is 4.74. The Labute approximate surface area is 215 Å². The Morgan fingerprint density at radius 3 is 2.54 bits per heavy atom. The SMILES string of the molecule is CC12CCC(=O)C=C1CCC1C2C(O)CC2(C)C1CCC2(O)C(=O)COC(=O)CCC(=O)NCC(=O)O. The Morgan fingerprint density at radius 2 is 1.84 bits per heavy atom. The summed E-state index contributed by atoms with van der Waals surface area (Å²) in [7, 11) is 0. The number of esters is 1. The van der Waals surface area contributed by atoms with Crippen molar-refractivity contribution in [1.29, 1.82) is 0 Å². The quantitative estimate of drug-likeness (QED) is 0.346. The first-order valence-corrected chi connectivity index (χ1v) is 13.1. The van der Waals surface area contributed by atoms with Crippen molar-refractivity contribution in [3.05, 3.63) is 11.6 Å². The number of allylic oxidation sites excluding steroid dienone is 1. The Kier molecular flexibility index (Phi) is 7.38. The molecule has 0 aromatic heterocycles. The molecule has 37 heavy (non-hydrogen) atoms. The standard InChI is InChI=1S/C27H37NO9/c1-25-9-7-16(29)11-15(25)3-4-17-18-8-10-27(36,26(18,2)12-19(30)24(17)25)20(31)14-37-23(35)6-5-21(32)28-13-22(33)34/h11,17-19,24,30,36H,3-10,12-14H2,1-2H3,(H,28,32)(H,33,34). The highest BCUT2D eigenvalue weighted by Gasteiger charge is 2.68. The second-order valence-corrected chi connectivity index (χ2v) is 11.7. The first kappa shape index (κ1) is 27.4. The van der Waals surface area contributed by atoms with Gasteiger partial charge in [0.05, 0.1) is 12.5 Å². The van der Waals surface area contributed by atoms with E-state index < -0.39 is 53.9 Å². The van der Waals surface area contributed by atoms with Gasteiger partial charge in [0.2, 0.25) is 11.7 Å². The van der Waals surface area contributed by atoms with Gasteiger partial charge in [0.1, 0.15) is 12.1 Å². The number of aliphatic hydroxyl groups excluding tert-OH is 1. The van der Waals surface area contributed by atoms with Gasteiger partial charge in [-0.3, -0.25) is 24.0 Å². The second-order valence-electron chi connectivity index (χ2n) is 11.7. The zero-order chi connectivity index (χ0) is 27.2. The third-order valence-electron chi connectivity index (χ3n) is 9.87. The lowest BCUT2D eigenvalue weighted by atomic mass is 9.45. The summed E-state index contributed by atoms with van der Waals surface area (Å²) >= 11 is 0. The summed E-state index contributed by atoms with van der Waals surface area (Å²) in [5.41, 5.74) is -1.78. The third-order valence-corrected chi connectivity index (χ3v) is 9.87. The van der Waals surface area contributed by atoms with Gasteiger partial charge in [-0.1, -0.05) is 19.4 Å². The van der Waals surface area contributed by atoms with Gasteiger partial charge >= 0.3 is 11.9 Å². The number of aliphatic hydroxyl groups is 2. The van der Waals surface area contributed by atoms with Crippen molar-refractivity contribution in [3.63, 3.8) is 0 Å². The van der Waals surface area contributed by atoms with E-state index in [2.05, 4.69) is 12.2 Å². The van der Waals surface area contributed by atoms with E-state index >= 15 is 0 Å². The molecule has 204 valence electrons. The van der Waals surface area contributed by atoms with Crippen LogP contribution in [0.25, 0.3) is 0 Å². The van der Waals surface area contributed by atoms with Gasteiger partial charge in [-0.05, 0) is 67.8 Å². The number of carboxylic acids is 1. The van der Waals surface area contributed by atoms with Crippen LogP contribution in [-0.4, -0.2) is 69.6 Å². The van der Waals surface area contributed by atoms with Crippen LogP contribution in [0.4, 0.5) is 0 Å². The molecule has 3 saturated carbocycles. The molecule has 3 fully saturated rings. The predicted octanol–water partition coefficient (Wildman–Crippen LogP) is 1.31. The molecule has 10 nitrogen and oxygen atoms in total. The molecule has 7 atom stereocenters. The zero-order valence-electron chi connectivity index (χ0n) is 21.5. The van der Waals surface area contributed by atoms with E-state index in [0.717, 1.165) is 18.4 Å². The maximum absolute atomic E-state index is 13.2. The molecule has 0 aliphatic heterocycles. The van der Waals surface area contributed by atoms with Gasteiger partial charge in [-0.15, -0.1) is 0 Å². The molecule has 0 aromatic rings. The molecular formula is C27H37NO9. The normalized spacial score (nSPS) is 38.5. The summed E-state index contributed by atoms with van der Waals surface area (Å²) in [4.78, 5) is 59.5. The molecule has 7 unspecified atom stereocenters. The molecule has 0 spiro atoms. The fourth-order valence-electron chi connectivity index (χ4n) is 7.97. The van der Waals surface area contributed by atoms with E-state index in [-0.39, 0.29) is 54.6 Å². The highest BCUT2D eigenvalue weighted by atomic mass is 16.5. The van der Waals surface area contributed by atoms with Crippen molar-refractivity contribution in [3.8, 4) is 0 Å². The van der Waals surface area contributed by atoms with Crippen molar-refractivity contribution < 1.29 is 44.0 Å². The molecule has 0 bridgehead atoms. The Bertz CT molecular complexity index is 1040. The van der Waals surface area contributed by atoms with Crippen molar-refractivity contribution in [2.45, 2.75) is 83.3 Å². The van der Waals surface area contributed by atoms with Crippen LogP contribution in [-0.2, 0) is 28.7 Å². The summed E-state index contributed by atoms with van der Waals surface area (Å²) in [6.45, 7) is 2.81. The number of fused-ring (bicyclic) bond motifs is 5. The number of carboxylic acid groups (broad SMARTS) is 1. The van der Waals surface area contributed by atoms with Crippen molar-refractivity contribution in [2.24, 2.45) is 28.6 Å². The number of amides is 1. The summed E-state index contributed by atoms with van der Waals surface area (Å²) < 4.78 is 5.07. The molecule has 0 radical (unpaired) electrons. The van der Waals surface area contributed by atoms with Gasteiger partial charge in [-0.2, -0.15) is 0 Å². The lowest BCUT2D eigenvalue weighted by Crippen LogP contribution is -2.62. The molecule has 0 saturated heterocycles. The van der Waals surface area contributed by atoms with E-state index in [1.165, 1.54) is 0 Å². The molecule has 0 heterocycles. The van der Waals surface area contributed by atoms with Gasteiger partial charge in [0.15, 0.2) is 12.4 Å². The number of carbonyl (C=O) groups is 5. The minimum atomic E-state index is -1.75. The fraction of sp³-hybridized carbons (Fsp3) is 0.741. The van der Waals surface area contributed by atoms with Gasteiger partial charge in [0.25, 0.3) is 0 Å². The Hall–Kier alpha value is -2.59. The number of hydrogen-bond donors (Lipinski definition) is 4. The van der Waals surface area contributed by atoms with Crippen LogP contribution in [0.1, 0.15) is 71.6 Å². The average Bonchev–Trinajstić information content (AvgIpc) is 3.11. The molecular weight excluding hydrogens is 482 g/mol. The highest BCUT2D eigenvalue weighted by molar-refractivity contribution is 5.92. The zero-order valence-corrected chi connectivity index (χ0v) is 21.5. The predicted molar refractivity (Wildman–Crippen MR) is 129 cm³/mol. The number of carbonyl (C=O) groups excluding carboxylic acids is 4. The van der Waals surface area contributed by atoms with Crippen LogP contribution in [0.15, 0.2) is 11.6 Å². The lowest BCUT2D eigenvalue weighted by molar-refractivity contribution is -0.184. The number of ether oxygens (including phenoxy) is 1. The molecule has 10 heteroatoms. The largest absolute Gasteiger partial charge is 0.480 e. The maximum Gasteiger partial charge on any atom is 0.322 e. The first-order valence-electron chi connectivity index (χ1n) is 13.1. The van der Waals surface area contributed by atoms with Gasteiger partial charge < -0.3 is 25.4 Å². The van der Waals surface area contributed by atoms with Crippen LogP contribution in [0.2, 0.25) is 0 Å². The minimum absolute atomic E-state index is 0.0134. The summed E-state index contributed by atoms with van der Waals surface area (Å²) in [5.74, 6) is -3.01. The van der Waals surface area contributed by atoms with Crippen LogP contribution < -0.4 is 5.32 Å². The van der Waals surface area contributed by atoms with Crippen LogP contribution >= 0.6 is 0 Å². The number of rotatable bonds is 8. The summed E-state index contributed by atoms with van der Waals surface area (Å²) in [6, 6.07) is 0. The lowest BCUT2D eigenvalue weighted by Gasteiger charge is -2.60. The highest BCUT2D eigenvalue weighted by Crippen LogP contribution is 2.67. The number of aliphatic carboxylic acids is 1. The molecule has 4 rings (SSSR count). The van der Waals surface area contributed by atoms with Crippen molar-refractivity contribution >= 4 is 29.4 Å².